The summed E-state index contributed by atoms with van der Waals surface area (Å²) in [7, 11) is 0. The molecule has 31 heavy (non-hydrogen) atoms. The maximum Gasteiger partial charge on any atom is 0.265 e. The van der Waals surface area contributed by atoms with E-state index < -0.39 is 6.10 Å². The van der Waals surface area contributed by atoms with Crippen LogP contribution in [0.25, 0.3) is 0 Å². The standard InChI is InChI=1S/C26H26ClNO2S/c1-18(30-24-11-6-8-20-7-2-3-9-22(20)24)26(29)28-23-10-4-5-12-25(23)31-17-19-13-15-21(27)16-14-19/h4-6,8,10-16,18H,2-3,7,9,17H2,1H3,(H,28,29). The Morgan fingerprint density at radius 1 is 1.03 bits per heavy atom. The third-order valence-corrected chi connectivity index (χ3v) is 6.88. The number of para-hydroxylation sites is 1. The lowest BCUT2D eigenvalue weighted by atomic mass is 9.91. The molecule has 3 aromatic rings. The van der Waals surface area contributed by atoms with Gasteiger partial charge < -0.3 is 10.1 Å². The number of aryl methyl sites for hydroxylation is 1. The number of amides is 1. The van der Waals surface area contributed by atoms with Gasteiger partial charge in [-0.2, -0.15) is 0 Å². The largest absolute Gasteiger partial charge is 0.481 e. The minimum Gasteiger partial charge on any atom is -0.481 e. The van der Waals surface area contributed by atoms with Gasteiger partial charge in [0.25, 0.3) is 5.91 Å². The summed E-state index contributed by atoms with van der Waals surface area (Å²) >= 11 is 7.66. The Morgan fingerprint density at radius 2 is 1.81 bits per heavy atom. The first kappa shape index (κ1) is 21.8. The van der Waals surface area contributed by atoms with Crippen molar-refractivity contribution in [2.45, 2.75) is 49.4 Å². The summed E-state index contributed by atoms with van der Waals surface area (Å²) in [6, 6.07) is 21.9. The zero-order chi connectivity index (χ0) is 21.6. The van der Waals surface area contributed by atoms with Crippen LogP contribution in [0.3, 0.4) is 0 Å². The van der Waals surface area contributed by atoms with Crippen LogP contribution in [0.1, 0.15) is 36.5 Å². The Morgan fingerprint density at radius 3 is 2.65 bits per heavy atom. The molecule has 1 N–H and O–H groups in total. The monoisotopic (exact) mass is 451 g/mol. The summed E-state index contributed by atoms with van der Waals surface area (Å²) in [6.45, 7) is 1.81. The third kappa shape index (κ3) is 5.63. The van der Waals surface area contributed by atoms with Gasteiger partial charge in [-0.25, -0.2) is 0 Å². The molecular weight excluding hydrogens is 426 g/mol. The van der Waals surface area contributed by atoms with Crippen LogP contribution in [0.15, 0.2) is 71.6 Å². The van der Waals surface area contributed by atoms with Crippen LogP contribution in [-0.4, -0.2) is 12.0 Å². The maximum atomic E-state index is 12.9. The topological polar surface area (TPSA) is 38.3 Å². The second-order valence-corrected chi connectivity index (χ2v) is 9.22. The zero-order valence-electron chi connectivity index (χ0n) is 17.6. The molecule has 0 heterocycles. The number of halogens is 1. The molecule has 160 valence electrons. The average Bonchev–Trinajstić information content (AvgIpc) is 2.80. The molecule has 3 nitrogen and oxygen atoms in total. The summed E-state index contributed by atoms with van der Waals surface area (Å²) in [5, 5.41) is 3.78. The number of hydrogen-bond acceptors (Lipinski definition) is 3. The molecule has 0 aromatic heterocycles. The molecule has 1 aliphatic carbocycles. The van der Waals surface area contributed by atoms with Crippen LogP contribution >= 0.6 is 23.4 Å². The van der Waals surface area contributed by atoms with Crippen molar-refractivity contribution < 1.29 is 9.53 Å². The first-order valence-electron chi connectivity index (χ1n) is 10.6. The summed E-state index contributed by atoms with van der Waals surface area (Å²) in [4.78, 5) is 13.9. The molecule has 0 saturated carbocycles. The van der Waals surface area contributed by atoms with Gasteiger partial charge in [0.2, 0.25) is 0 Å². The first-order chi connectivity index (χ1) is 15.1. The van der Waals surface area contributed by atoms with Gasteiger partial charge in [-0.15, -0.1) is 11.8 Å². The van der Waals surface area contributed by atoms with Crippen molar-refractivity contribution in [2.24, 2.45) is 0 Å². The summed E-state index contributed by atoms with van der Waals surface area (Å²) in [6.07, 6.45) is 3.92. The summed E-state index contributed by atoms with van der Waals surface area (Å²) < 4.78 is 6.10. The normalized spacial score (nSPS) is 13.9. The second kappa shape index (κ2) is 10.3. The average molecular weight is 452 g/mol. The fraction of sp³-hybridized carbons (Fsp3) is 0.269. The van der Waals surface area contributed by atoms with Gasteiger partial charge in [-0.3, -0.25) is 4.79 Å². The van der Waals surface area contributed by atoms with Crippen LogP contribution in [0.5, 0.6) is 5.75 Å². The first-order valence-corrected chi connectivity index (χ1v) is 12.0. The van der Waals surface area contributed by atoms with Crippen LogP contribution in [0, 0.1) is 0 Å². The Balaban J connectivity index is 1.41. The SMILES string of the molecule is CC(Oc1cccc2c1CCCC2)C(=O)Nc1ccccc1SCc1ccc(Cl)cc1. The highest BCUT2D eigenvalue weighted by atomic mass is 35.5. The number of anilines is 1. The van der Waals surface area contributed by atoms with E-state index in [0.717, 1.165) is 39.9 Å². The molecule has 3 aromatic carbocycles. The molecule has 1 aliphatic rings. The third-order valence-electron chi connectivity index (χ3n) is 5.48. The smallest absolute Gasteiger partial charge is 0.265 e. The minimum absolute atomic E-state index is 0.145. The lowest BCUT2D eigenvalue weighted by Crippen LogP contribution is -2.30. The highest BCUT2D eigenvalue weighted by Gasteiger charge is 2.20. The molecule has 0 spiro atoms. The van der Waals surface area contributed by atoms with Crippen molar-refractivity contribution in [3.05, 3.63) is 88.4 Å². The summed E-state index contributed by atoms with van der Waals surface area (Å²) in [5.41, 5.74) is 4.59. The van der Waals surface area contributed by atoms with E-state index in [2.05, 4.69) is 11.4 Å². The molecular formula is C26H26ClNO2S. The predicted octanol–water partition coefficient (Wildman–Crippen LogP) is 6.92. The van der Waals surface area contributed by atoms with E-state index in [1.54, 1.807) is 18.7 Å². The van der Waals surface area contributed by atoms with Gasteiger partial charge >= 0.3 is 0 Å². The number of nitrogens with one attached hydrogen (secondary N) is 1. The van der Waals surface area contributed by atoms with E-state index in [-0.39, 0.29) is 5.91 Å². The lowest BCUT2D eigenvalue weighted by Gasteiger charge is -2.22. The van der Waals surface area contributed by atoms with Gasteiger partial charge in [-0.05, 0) is 79.6 Å². The number of ether oxygens (including phenoxy) is 1. The van der Waals surface area contributed by atoms with E-state index >= 15 is 0 Å². The van der Waals surface area contributed by atoms with Gasteiger partial charge in [-0.1, -0.05) is 48.0 Å². The molecule has 1 unspecified atom stereocenters. The minimum atomic E-state index is -0.581. The van der Waals surface area contributed by atoms with E-state index in [1.807, 2.05) is 60.7 Å². The van der Waals surface area contributed by atoms with Gasteiger partial charge in [0.05, 0.1) is 5.69 Å². The molecule has 0 aliphatic heterocycles. The van der Waals surface area contributed by atoms with Crippen molar-refractivity contribution in [3.8, 4) is 5.75 Å². The zero-order valence-corrected chi connectivity index (χ0v) is 19.1. The summed E-state index contributed by atoms with van der Waals surface area (Å²) in [5.74, 6) is 1.49. The Labute approximate surface area is 193 Å². The number of carbonyl (C=O) groups is 1. The van der Waals surface area contributed by atoms with Crippen molar-refractivity contribution in [2.75, 3.05) is 5.32 Å². The molecule has 5 heteroatoms. The van der Waals surface area contributed by atoms with Crippen molar-refractivity contribution in [3.63, 3.8) is 0 Å². The number of benzene rings is 3. The molecule has 1 amide bonds. The fourth-order valence-corrected chi connectivity index (χ4v) is 4.86. The fourth-order valence-electron chi connectivity index (χ4n) is 3.77. The number of rotatable bonds is 7. The van der Waals surface area contributed by atoms with Crippen LogP contribution < -0.4 is 10.1 Å². The van der Waals surface area contributed by atoms with Gasteiger partial charge in [0, 0.05) is 15.7 Å². The second-order valence-electron chi connectivity index (χ2n) is 7.76. The number of carbonyl (C=O) groups excluding carboxylic acids is 1. The molecule has 0 fully saturated rings. The van der Waals surface area contributed by atoms with Crippen LogP contribution in [0.4, 0.5) is 5.69 Å². The Hall–Kier alpha value is -2.43. The van der Waals surface area contributed by atoms with Gasteiger partial charge in [0.1, 0.15) is 5.75 Å². The maximum absolute atomic E-state index is 12.9. The van der Waals surface area contributed by atoms with E-state index in [4.69, 9.17) is 16.3 Å². The van der Waals surface area contributed by atoms with E-state index in [0.29, 0.717) is 0 Å². The number of fused-ring (bicyclic) bond motifs is 1. The van der Waals surface area contributed by atoms with E-state index in [9.17, 15) is 4.79 Å². The predicted molar refractivity (Wildman–Crippen MR) is 129 cm³/mol. The number of thioether (sulfide) groups is 1. The number of hydrogen-bond donors (Lipinski definition) is 1. The Bertz CT molecular complexity index is 1050. The van der Waals surface area contributed by atoms with E-state index in [1.165, 1.54) is 29.5 Å². The van der Waals surface area contributed by atoms with Crippen molar-refractivity contribution in [1.29, 1.82) is 0 Å². The molecule has 0 bridgehead atoms. The molecule has 1 atom stereocenters. The van der Waals surface area contributed by atoms with Crippen molar-refractivity contribution >= 4 is 35.0 Å². The van der Waals surface area contributed by atoms with Crippen molar-refractivity contribution in [1.82, 2.24) is 0 Å². The molecule has 0 saturated heterocycles. The van der Waals surface area contributed by atoms with Gasteiger partial charge in [0.15, 0.2) is 6.10 Å². The Kier molecular flexibility index (Phi) is 7.21. The quantitative estimate of drug-likeness (QED) is 0.396. The molecule has 4 rings (SSSR count). The highest BCUT2D eigenvalue weighted by molar-refractivity contribution is 7.98. The highest BCUT2D eigenvalue weighted by Crippen LogP contribution is 2.32. The molecule has 0 radical (unpaired) electrons. The van der Waals surface area contributed by atoms with Crippen LogP contribution in [0.2, 0.25) is 5.02 Å². The lowest BCUT2D eigenvalue weighted by molar-refractivity contribution is -0.122. The van der Waals surface area contributed by atoms with Crippen LogP contribution in [-0.2, 0) is 23.4 Å².